The summed E-state index contributed by atoms with van der Waals surface area (Å²) in [6.45, 7) is 9.32. The highest BCUT2D eigenvalue weighted by atomic mass is 16.4. The number of carbonyl (C=O) groups excluding carboxylic acids is 1. The van der Waals surface area contributed by atoms with E-state index in [2.05, 4.69) is 5.32 Å². The molecule has 0 spiro atoms. The van der Waals surface area contributed by atoms with Gasteiger partial charge < -0.3 is 10.4 Å². The van der Waals surface area contributed by atoms with Crippen LogP contribution in [0.5, 0.6) is 0 Å². The number of likely N-dealkylation sites (tertiary alicyclic amines) is 1. The molecule has 1 saturated heterocycles. The van der Waals surface area contributed by atoms with E-state index in [1.807, 2.05) is 32.6 Å². The first kappa shape index (κ1) is 15.0. The summed E-state index contributed by atoms with van der Waals surface area (Å²) >= 11 is 0. The zero-order valence-corrected chi connectivity index (χ0v) is 11.7. The Morgan fingerprint density at radius 2 is 2.00 bits per heavy atom. The maximum atomic E-state index is 12.0. The van der Waals surface area contributed by atoms with Crippen molar-refractivity contribution in [1.29, 1.82) is 0 Å². The second kappa shape index (κ2) is 5.69. The van der Waals surface area contributed by atoms with Gasteiger partial charge in [0, 0.05) is 18.6 Å². The van der Waals surface area contributed by atoms with E-state index in [0.29, 0.717) is 13.1 Å². The Morgan fingerprint density at radius 3 is 2.44 bits per heavy atom. The second-order valence-corrected chi connectivity index (χ2v) is 5.82. The molecule has 104 valence electrons. The zero-order valence-electron chi connectivity index (χ0n) is 11.7. The predicted molar refractivity (Wildman–Crippen MR) is 69.3 cm³/mol. The minimum absolute atomic E-state index is 0.0237. The molecule has 1 rings (SSSR count). The Bertz CT molecular complexity index is 322. The molecule has 0 aromatic rings. The Morgan fingerprint density at radius 1 is 1.44 bits per heavy atom. The van der Waals surface area contributed by atoms with E-state index in [0.717, 1.165) is 6.42 Å². The molecular formula is C13H24N2O3. The summed E-state index contributed by atoms with van der Waals surface area (Å²) in [5.74, 6) is -0.545. The topological polar surface area (TPSA) is 69.6 Å². The highest BCUT2D eigenvalue weighted by Crippen LogP contribution is 2.22. The van der Waals surface area contributed by atoms with E-state index in [9.17, 15) is 9.59 Å². The summed E-state index contributed by atoms with van der Waals surface area (Å²) < 4.78 is 0. The van der Waals surface area contributed by atoms with Crippen molar-refractivity contribution in [3.05, 3.63) is 0 Å². The minimum Gasteiger partial charge on any atom is -0.481 e. The molecule has 1 unspecified atom stereocenters. The van der Waals surface area contributed by atoms with E-state index in [4.69, 9.17) is 5.11 Å². The van der Waals surface area contributed by atoms with Crippen molar-refractivity contribution in [2.75, 3.05) is 13.1 Å². The molecule has 2 N–H and O–H groups in total. The summed E-state index contributed by atoms with van der Waals surface area (Å²) in [4.78, 5) is 24.6. The zero-order chi connectivity index (χ0) is 13.9. The van der Waals surface area contributed by atoms with Gasteiger partial charge in [0.25, 0.3) is 0 Å². The van der Waals surface area contributed by atoms with Crippen LogP contribution in [0.4, 0.5) is 0 Å². The molecule has 0 aromatic heterocycles. The molecule has 1 fully saturated rings. The Hall–Kier alpha value is -1.10. The van der Waals surface area contributed by atoms with Crippen LogP contribution >= 0.6 is 0 Å². The summed E-state index contributed by atoms with van der Waals surface area (Å²) in [6, 6.07) is -0.180. The van der Waals surface area contributed by atoms with Gasteiger partial charge in [0.2, 0.25) is 5.91 Å². The SMILES string of the molecule is CCC(C)(C)NC(=O)C(C)N1CC(CC(=O)O)C1. The van der Waals surface area contributed by atoms with Gasteiger partial charge in [0.15, 0.2) is 0 Å². The lowest BCUT2D eigenvalue weighted by atomic mass is 9.94. The largest absolute Gasteiger partial charge is 0.481 e. The summed E-state index contributed by atoms with van der Waals surface area (Å²) in [6.07, 6.45) is 1.08. The van der Waals surface area contributed by atoms with Crippen molar-refractivity contribution < 1.29 is 14.7 Å². The smallest absolute Gasteiger partial charge is 0.303 e. The van der Waals surface area contributed by atoms with Crippen molar-refractivity contribution in [3.63, 3.8) is 0 Å². The molecule has 18 heavy (non-hydrogen) atoms. The first-order valence-corrected chi connectivity index (χ1v) is 6.53. The van der Waals surface area contributed by atoms with E-state index in [-0.39, 0.29) is 29.8 Å². The number of amides is 1. The van der Waals surface area contributed by atoms with Gasteiger partial charge in [-0.15, -0.1) is 0 Å². The van der Waals surface area contributed by atoms with Crippen molar-refractivity contribution in [2.45, 2.75) is 52.1 Å². The molecule has 0 bridgehead atoms. The summed E-state index contributed by atoms with van der Waals surface area (Å²) in [5, 5.41) is 11.7. The molecule has 1 aliphatic rings. The third-order valence-electron chi connectivity index (χ3n) is 3.72. The third kappa shape index (κ3) is 3.98. The molecule has 0 aliphatic carbocycles. The van der Waals surface area contributed by atoms with E-state index >= 15 is 0 Å². The third-order valence-corrected chi connectivity index (χ3v) is 3.72. The van der Waals surface area contributed by atoms with Crippen molar-refractivity contribution in [3.8, 4) is 0 Å². The highest BCUT2D eigenvalue weighted by Gasteiger charge is 2.35. The van der Waals surface area contributed by atoms with Gasteiger partial charge in [-0.1, -0.05) is 6.92 Å². The lowest BCUT2D eigenvalue weighted by Crippen LogP contribution is -2.58. The van der Waals surface area contributed by atoms with E-state index in [1.165, 1.54) is 0 Å². The van der Waals surface area contributed by atoms with Crippen LogP contribution in [0.2, 0.25) is 0 Å². The minimum atomic E-state index is -0.760. The fraction of sp³-hybridized carbons (Fsp3) is 0.846. The Balaban J connectivity index is 2.36. The number of hydrogen-bond donors (Lipinski definition) is 2. The molecule has 5 nitrogen and oxygen atoms in total. The van der Waals surface area contributed by atoms with Crippen LogP contribution in [0.15, 0.2) is 0 Å². The van der Waals surface area contributed by atoms with Gasteiger partial charge in [0.05, 0.1) is 12.5 Å². The normalized spacial score (nSPS) is 19.1. The van der Waals surface area contributed by atoms with Crippen LogP contribution in [0.25, 0.3) is 0 Å². The molecule has 0 aromatic carbocycles. The van der Waals surface area contributed by atoms with Crippen molar-refractivity contribution in [1.82, 2.24) is 10.2 Å². The number of nitrogens with zero attached hydrogens (tertiary/aromatic N) is 1. The average molecular weight is 256 g/mol. The molecule has 0 saturated carbocycles. The van der Waals surface area contributed by atoms with Gasteiger partial charge in [-0.3, -0.25) is 14.5 Å². The number of aliphatic carboxylic acids is 1. The van der Waals surface area contributed by atoms with Gasteiger partial charge in [-0.2, -0.15) is 0 Å². The van der Waals surface area contributed by atoms with Crippen LogP contribution in [0.3, 0.4) is 0 Å². The Labute approximate surface area is 109 Å². The highest BCUT2D eigenvalue weighted by molar-refractivity contribution is 5.82. The first-order valence-electron chi connectivity index (χ1n) is 6.53. The van der Waals surface area contributed by atoms with Gasteiger partial charge in [-0.25, -0.2) is 0 Å². The quantitative estimate of drug-likeness (QED) is 0.746. The lowest BCUT2D eigenvalue weighted by molar-refractivity contribution is -0.140. The molecule has 1 aliphatic heterocycles. The molecular weight excluding hydrogens is 232 g/mol. The first-order chi connectivity index (χ1) is 8.25. The molecule has 1 amide bonds. The number of hydrogen-bond acceptors (Lipinski definition) is 3. The van der Waals surface area contributed by atoms with Gasteiger partial charge in [-0.05, 0) is 33.1 Å². The standard InChI is InChI=1S/C13H24N2O3/c1-5-13(3,4)14-12(18)9(2)15-7-10(8-15)6-11(16)17/h9-10H,5-8H2,1-4H3,(H,14,18)(H,16,17). The van der Waals surface area contributed by atoms with Crippen LogP contribution in [0.1, 0.15) is 40.5 Å². The predicted octanol–water partition coefficient (Wildman–Crippen LogP) is 1.09. The van der Waals surface area contributed by atoms with E-state index < -0.39 is 5.97 Å². The molecule has 1 atom stereocenters. The maximum Gasteiger partial charge on any atom is 0.303 e. The van der Waals surface area contributed by atoms with Gasteiger partial charge >= 0.3 is 5.97 Å². The second-order valence-electron chi connectivity index (χ2n) is 5.82. The van der Waals surface area contributed by atoms with E-state index in [1.54, 1.807) is 0 Å². The fourth-order valence-corrected chi connectivity index (χ4v) is 1.99. The molecule has 5 heteroatoms. The number of rotatable bonds is 6. The Kier molecular flexibility index (Phi) is 4.73. The summed E-state index contributed by atoms with van der Waals surface area (Å²) in [5.41, 5.74) is -0.184. The maximum absolute atomic E-state index is 12.0. The van der Waals surface area contributed by atoms with Crippen LogP contribution < -0.4 is 5.32 Å². The number of carbonyl (C=O) groups is 2. The summed E-state index contributed by atoms with van der Waals surface area (Å²) in [7, 11) is 0. The van der Waals surface area contributed by atoms with Crippen LogP contribution in [-0.4, -0.2) is 46.6 Å². The van der Waals surface area contributed by atoms with Gasteiger partial charge in [0.1, 0.15) is 0 Å². The number of carboxylic acids is 1. The molecule has 1 heterocycles. The van der Waals surface area contributed by atoms with Crippen molar-refractivity contribution >= 4 is 11.9 Å². The lowest BCUT2D eigenvalue weighted by Gasteiger charge is -2.42. The molecule has 0 radical (unpaired) electrons. The number of nitrogens with one attached hydrogen (secondary N) is 1. The van der Waals surface area contributed by atoms with Crippen LogP contribution in [0, 0.1) is 5.92 Å². The van der Waals surface area contributed by atoms with Crippen molar-refractivity contribution in [2.24, 2.45) is 5.92 Å². The fourth-order valence-electron chi connectivity index (χ4n) is 1.99. The monoisotopic (exact) mass is 256 g/mol. The van der Waals surface area contributed by atoms with Crippen LogP contribution in [-0.2, 0) is 9.59 Å². The number of carboxylic acid groups (broad SMARTS) is 1. The average Bonchev–Trinajstić information content (AvgIpc) is 2.21.